The summed E-state index contributed by atoms with van der Waals surface area (Å²) in [4.78, 5) is 14.3. The van der Waals surface area contributed by atoms with Gasteiger partial charge in [-0.15, -0.1) is 0 Å². The average molecular weight is 132 g/mol. The summed E-state index contributed by atoms with van der Waals surface area (Å²) in [6.45, 7) is 0. The van der Waals surface area contributed by atoms with Crippen molar-refractivity contribution in [3.05, 3.63) is 30.1 Å². The van der Waals surface area contributed by atoms with Crippen molar-refractivity contribution in [3.63, 3.8) is 0 Å². The van der Waals surface area contributed by atoms with Crippen LogP contribution in [0.2, 0.25) is 0 Å². The molecule has 0 saturated carbocycles. The smallest absolute Gasteiger partial charge is 0.275 e. The van der Waals surface area contributed by atoms with Crippen LogP contribution in [0.15, 0.2) is 24.4 Å². The van der Waals surface area contributed by atoms with Gasteiger partial charge in [-0.25, -0.2) is 0 Å². The molecule has 3 nitrogen and oxygen atoms in total. The van der Waals surface area contributed by atoms with Gasteiger partial charge >= 0.3 is 0 Å². The second-order valence-corrected chi connectivity index (χ2v) is 1.66. The Kier molecular flexibility index (Phi) is 1.76. The molecule has 0 aromatic carbocycles. The Labute approximate surface area is 57.9 Å². The van der Waals surface area contributed by atoms with Crippen LogP contribution in [-0.4, -0.2) is 10.8 Å². The summed E-state index contributed by atoms with van der Waals surface area (Å²) in [6, 6.07) is 6.34. The summed E-state index contributed by atoms with van der Waals surface area (Å²) in [5.74, 6) is -0.597. The molecule has 0 unspecified atom stereocenters. The van der Waals surface area contributed by atoms with Gasteiger partial charge in [-0.3, -0.25) is 9.78 Å². The third kappa shape index (κ3) is 1.17. The molecule has 0 atom stereocenters. The zero-order valence-corrected chi connectivity index (χ0v) is 5.11. The van der Waals surface area contributed by atoms with Gasteiger partial charge < -0.3 is 0 Å². The van der Waals surface area contributed by atoms with Crippen molar-refractivity contribution in [3.8, 4) is 6.07 Å². The summed E-state index contributed by atoms with van der Waals surface area (Å²) >= 11 is 0. The molecule has 0 amide bonds. The van der Waals surface area contributed by atoms with Crippen LogP contribution in [0, 0.1) is 11.3 Å². The maximum Gasteiger partial charge on any atom is 0.280 e. The van der Waals surface area contributed by atoms with Crippen molar-refractivity contribution in [1.82, 2.24) is 4.98 Å². The number of rotatable bonds is 1. The lowest BCUT2D eigenvalue weighted by molar-refractivity contribution is 0.105. The van der Waals surface area contributed by atoms with Crippen LogP contribution in [0.4, 0.5) is 0 Å². The molecule has 0 aliphatic carbocycles. The highest BCUT2D eigenvalue weighted by molar-refractivity contribution is 6.05. The molecular formula is C7H4N2O. The molecule has 0 spiro atoms. The zero-order valence-electron chi connectivity index (χ0n) is 5.11. The number of Topliss-reactive ketones (excluding diaryl/α,β-unsaturated/α-hetero) is 1. The fourth-order valence-electron chi connectivity index (χ4n) is 0.554. The van der Waals surface area contributed by atoms with Crippen molar-refractivity contribution in [1.29, 1.82) is 5.26 Å². The van der Waals surface area contributed by atoms with Crippen molar-refractivity contribution in [2.75, 3.05) is 0 Å². The molecule has 1 heterocycles. The van der Waals surface area contributed by atoms with E-state index >= 15 is 0 Å². The fourth-order valence-corrected chi connectivity index (χ4v) is 0.554. The Balaban J connectivity index is 2.99. The first-order valence-electron chi connectivity index (χ1n) is 2.70. The zero-order chi connectivity index (χ0) is 7.40. The quantitative estimate of drug-likeness (QED) is 0.419. The van der Waals surface area contributed by atoms with Gasteiger partial charge in [-0.1, -0.05) is 6.07 Å². The van der Waals surface area contributed by atoms with E-state index < -0.39 is 5.78 Å². The molecule has 0 saturated heterocycles. The van der Waals surface area contributed by atoms with E-state index in [1.54, 1.807) is 12.1 Å². The second kappa shape index (κ2) is 2.74. The maximum absolute atomic E-state index is 10.6. The molecule has 0 fully saturated rings. The lowest BCUT2D eigenvalue weighted by atomic mass is 10.3. The van der Waals surface area contributed by atoms with Crippen molar-refractivity contribution in [2.45, 2.75) is 0 Å². The number of ketones is 1. The molecule has 0 aliphatic heterocycles. The van der Waals surface area contributed by atoms with Crippen molar-refractivity contribution >= 4 is 5.78 Å². The average Bonchev–Trinajstić information content (AvgIpc) is 2.05. The Bertz CT molecular complexity index is 273. The van der Waals surface area contributed by atoms with Crippen molar-refractivity contribution in [2.24, 2.45) is 0 Å². The molecule has 48 valence electrons. The Morgan fingerprint density at radius 1 is 1.60 bits per heavy atom. The third-order valence-electron chi connectivity index (χ3n) is 0.999. The summed E-state index contributed by atoms with van der Waals surface area (Å²) in [6.07, 6.45) is 1.48. The standard InChI is InChI=1S/C7H4N2O/c8-5-7(10)6-3-1-2-4-9-6/h1-4H. The van der Waals surface area contributed by atoms with Crippen LogP contribution < -0.4 is 0 Å². The lowest BCUT2D eigenvalue weighted by Gasteiger charge is -1.86. The largest absolute Gasteiger partial charge is 0.280 e. The van der Waals surface area contributed by atoms with Gasteiger partial charge in [0.15, 0.2) is 0 Å². The Morgan fingerprint density at radius 2 is 2.40 bits per heavy atom. The van der Waals surface area contributed by atoms with E-state index in [1.165, 1.54) is 18.3 Å². The van der Waals surface area contributed by atoms with Gasteiger partial charge in [0.05, 0.1) is 0 Å². The maximum atomic E-state index is 10.6. The molecule has 0 bridgehead atoms. The first-order chi connectivity index (χ1) is 4.84. The third-order valence-corrected chi connectivity index (χ3v) is 0.999. The summed E-state index contributed by atoms with van der Waals surface area (Å²) < 4.78 is 0. The molecule has 0 aliphatic rings. The topological polar surface area (TPSA) is 53.8 Å². The molecule has 0 radical (unpaired) electrons. The molecule has 1 rings (SSSR count). The van der Waals surface area contributed by atoms with Crippen LogP contribution >= 0.6 is 0 Å². The monoisotopic (exact) mass is 132 g/mol. The Hall–Kier alpha value is -1.69. The number of aromatic nitrogens is 1. The predicted octanol–water partition coefficient (Wildman–Crippen LogP) is 0.788. The van der Waals surface area contributed by atoms with Gasteiger partial charge in [0.25, 0.3) is 5.78 Å². The minimum atomic E-state index is -0.597. The van der Waals surface area contributed by atoms with Gasteiger partial charge in [0, 0.05) is 6.20 Å². The van der Waals surface area contributed by atoms with Crippen LogP contribution in [-0.2, 0) is 0 Å². The van der Waals surface area contributed by atoms with Crippen LogP contribution in [0.1, 0.15) is 10.5 Å². The van der Waals surface area contributed by atoms with E-state index in [4.69, 9.17) is 5.26 Å². The molecule has 3 heteroatoms. The number of nitrogens with zero attached hydrogens (tertiary/aromatic N) is 2. The second-order valence-electron chi connectivity index (χ2n) is 1.66. The van der Waals surface area contributed by atoms with E-state index in [0.29, 0.717) is 0 Å². The highest BCUT2D eigenvalue weighted by atomic mass is 16.1. The van der Waals surface area contributed by atoms with E-state index in [0.717, 1.165) is 0 Å². The summed E-state index contributed by atoms with van der Waals surface area (Å²) in [5, 5.41) is 8.15. The first-order valence-corrected chi connectivity index (χ1v) is 2.70. The highest BCUT2D eigenvalue weighted by Crippen LogP contribution is 1.92. The van der Waals surface area contributed by atoms with Crippen LogP contribution in [0.25, 0.3) is 0 Å². The number of carbonyl (C=O) groups excluding carboxylic acids is 1. The van der Waals surface area contributed by atoms with Crippen LogP contribution in [0.5, 0.6) is 0 Å². The SMILES string of the molecule is N#CC(=O)c1ccccn1. The van der Waals surface area contributed by atoms with Gasteiger partial charge in [-0.2, -0.15) is 5.26 Å². The van der Waals surface area contributed by atoms with E-state index in [1.807, 2.05) is 0 Å². The fraction of sp³-hybridized carbons (Fsp3) is 0. The number of hydrogen-bond donors (Lipinski definition) is 0. The molecule has 10 heavy (non-hydrogen) atoms. The molecule has 0 N–H and O–H groups in total. The lowest BCUT2D eigenvalue weighted by Crippen LogP contribution is -1.96. The normalized spacial score (nSPS) is 8.30. The number of carbonyl (C=O) groups is 1. The Morgan fingerprint density at radius 3 is 2.90 bits per heavy atom. The van der Waals surface area contributed by atoms with Gasteiger partial charge in [-0.05, 0) is 12.1 Å². The van der Waals surface area contributed by atoms with Crippen LogP contribution in [0.3, 0.4) is 0 Å². The van der Waals surface area contributed by atoms with Gasteiger partial charge in [0.1, 0.15) is 11.8 Å². The first kappa shape index (κ1) is 6.43. The van der Waals surface area contributed by atoms with E-state index in [-0.39, 0.29) is 5.69 Å². The predicted molar refractivity (Wildman–Crippen MR) is 34.2 cm³/mol. The summed E-state index contributed by atoms with van der Waals surface area (Å²) in [7, 11) is 0. The number of hydrogen-bond acceptors (Lipinski definition) is 3. The number of nitriles is 1. The molecular weight excluding hydrogens is 128 g/mol. The van der Waals surface area contributed by atoms with E-state index in [2.05, 4.69) is 4.98 Å². The minimum absolute atomic E-state index is 0.199. The van der Waals surface area contributed by atoms with Gasteiger partial charge in [0.2, 0.25) is 0 Å². The van der Waals surface area contributed by atoms with Crippen molar-refractivity contribution < 1.29 is 4.79 Å². The minimum Gasteiger partial charge on any atom is -0.275 e. The van der Waals surface area contributed by atoms with E-state index in [9.17, 15) is 4.79 Å². The molecule has 1 aromatic rings. The highest BCUT2D eigenvalue weighted by Gasteiger charge is 2.01. The summed E-state index contributed by atoms with van der Waals surface area (Å²) in [5.41, 5.74) is 0.199. The molecule has 1 aromatic heterocycles. The number of pyridine rings is 1.